The first-order chi connectivity index (χ1) is 12.0. The fourth-order valence-electron chi connectivity index (χ4n) is 2.95. The molecule has 2 aromatic carbocycles. The summed E-state index contributed by atoms with van der Waals surface area (Å²) in [6.45, 7) is 0.885. The molecular weight excluding hydrogens is 338 g/mol. The predicted octanol–water partition coefficient (Wildman–Crippen LogP) is 2.63. The van der Waals surface area contributed by atoms with Gasteiger partial charge in [-0.3, -0.25) is 9.59 Å². The fourth-order valence-corrected chi connectivity index (χ4v) is 3.18. The summed E-state index contributed by atoms with van der Waals surface area (Å²) in [5, 5.41) is 3.43. The molecule has 0 spiro atoms. The first kappa shape index (κ1) is 17.3. The van der Waals surface area contributed by atoms with Gasteiger partial charge in [0.05, 0.1) is 16.6 Å². The highest BCUT2D eigenvalue weighted by molar-refractivity contribution is 6.33. The second-order valence-electron chi connectivity index (χ2n) is 6.14. The number of rotatable bonds is 5. The number of carbonyl (C=O) groups excluding carboxylic acids is 2. The van der Waals surface area contributed by atoms with Crippen LogP contribution in [0.1, 0.15) is 12.0 Å². The molecule has 130 valence electrons. The van der Waals surface area contributed by atoms with Crippen LogP contribution in [-0.4, -0.2) is 24.9 Å². The molecule has 1 fully saturated rings. The van der Waals surface area contributed by atoms with E-state index in [1.165, 1.54) is 0 Å². The number of hydrogen-bond acceptors (Lipinski definition) is 3. The molecule has 0 saturated carbocycles. The second kappa shape index (κ2) is 7.57. The van der Waals surface area contributed by atoms with Crippen molar-refractivity contribution in [3.8, 4) is 0 Å². The molecule has 1 unspecified atom stereocenters. The van der Waals surface area contributed by atoms with E-state index in [2.05, 4.69) is 5.32 Å². The standard InChI is InChI=1S/C19H20ClN3O2/c20-16-3-1-2-4-17(16)23-12-14(11-18(23)24)19(25)22-10-9-13-5-7-15(21)8-6-13/h1-8,14H,9-12,21H2,(H,22,25). The molecule has 2 aromatic rings. The number of amides is 2. The number of anilines is 2. The van der Waals surface area contributed by atoms with Gasteiger partial charge in [0.25, 0.3) is 0 Å². The SMILES string of the molecule is Nc1ccc(CCNC(=O)C2CC(=O)N(c3ccccc3Cl)C2)cc1. The van der Waals surface area contributed by atoms with Crippen LogP contribution >= 0.6 is 11.6 Å². The Balaban J connectivity index is 1.54. The second-order valence-corrected chi connectivity index (χ2v) is 6.55. The van der Waals surface area contributed by atoms with E-state index in [0.29, 0.717) is 23.8 Å². The third-order valence-corrected chi connectivity index (χ3v) is 4.65. The van der Waals surface area contributed by atoms with Gasteiger partial charge >= 0.3 is 0 Å². The minimum atomic E-state index is -0.352. The lowest BCUT2D eigenvalue weighted by Gasteiger charge is -2.18. The maximum Gasteiger partial charge on any atom is 0.227 e. The first-order valence-corrected chi connectivity index (χ1v) is 8.59. The Labute approximate surface area is 151 Å². The van der Waals surface area contributed by atoms with Crippen molar-refractivity contribution in [3.05, 3.63) is 59.1 Å². The van der Waals surface area contributed by atoms with Gasteiger partial charge in [0.15, 0.2) is 0 Å². The highest BCUT2D eigenvalue weighted by Crippen LogP contribution is 2.30. The van der Waals surface area contributed by atoms with E-state index in [-0.39, 0.29) is 24.2 Å². The van der Waals surface area contributed by atoms with Crippen molar-refractivity contribution in [2.75, 3.05) is 23.7 Å². The Hall–Kier alpha value is -2.53. The molecule has 6 heteroatoms. The maximum atomic E-state index is 12.4. The van der Waals surface area contributed by atoms with Gasteiger partial charge in [0.2, 0.25) is 11.8 Å². The van der Waals surface area contributed by atoms with E-state index in [1.807, 2.05) is 36.4 Å². The van der Waals surface area contributed by atoms with Gasteiger partial charge in [0, 0.05) is 25.2 Å². The molecule has 1 aliphatic rings. The minimum absolute atomic E-state index is 0.0771. The summed E-state index contributed by atoms with van der Waals surface area (Å²) in [6, 6.07) is 14.7. The van der Waals surface area contributed by atoms with Gasteiger partial charge in [-0.25, -0.2) is 0 Å². The third-order valence-electron chi connectivity index (χ3n) is 4.33. The monoisotopic (exact) mass is 357 g/mol. The van der Waals surface area contributed by atoms with Crippen molar-refractivity contribution >= 4 is 34.8 Å². The van der Waals surface area contributed by atoms with Crippen LogP contribution in [-0.2, 0) is 16.0 Å². The van der Waals surface area contributed by atoms with E-state index < -0.39 is 0 Å². The highest BCUT2D eigenvalue weighted by atomic mass is 35.5. The molecule has 3 rings (SSSR count). The smallest absolute Gasteiger partial charge is 0.227 e. The summed E-state index contributed by atoms with van der Waals surface area (Å²) in [5.41, 5.74) is 8.14. The average molecular weight is 358 g/mol. The third kappa shape index (κ3) is 4.12. The Kier molecular flexibility index (Phi) is 5.24. The molecule has 3 N–H and O–H groups in total. The number of nitrogen functional groups attached to an aromatic ring is 1. The number of hydrogen-bond donors (Lipinski definition) is 2. The van der Waals surface area contributed by atoms with E-state index in [4.69, 9.17) is 17.3 Å². The average Bonchev–Trinajstić information content (AvgIpc) is 2.99. The van der Waals surface area contributed by atoms with Crippen molar-refractivity contribution in [1.29, 1.82) is 0 Å². The zero-order chi connectivity index (χ0) is 17.8. The number of nitrogens with zero attached hydrogens (tertiary/aromatic N) is 1. The zero-order valence-corrected chi connectivity index (χ0v) is 14.5. The van der Waals surface area contributed by atoms with Crippen LogP contribution in [0.3, 0.4) is 0 Å². The number of nitrogens with one attached hydrogen (secondary N) is 1. The van der Waals surface area contributed by atoms with Crippen LogP contribution in [0, 0.1) is 5.92 Å². The first-order valence-electron chi connectivity index (χ1n) is 8.21. The molecule has 1 aliphatic heterocycles. The molecule has 0 bridgehead atoms. The molecular formula is C19H20ClN3O2. The number of nitrogens with two attached hydrogens (primary N) is 1. The van der Waals surface area contributed by atoms with E-state index in [9.17, 15) is 9.59 Å². The molecule has 25 heavy (non-hydrogen) atoms. The summed E-state index contributed by atoms with van der Waals surface area (Å²) in [4.78, 5) is 26.2. The maximum absolute atomic E-state index is 12.4. The van der Waals surface area contributed by atoms with Crippen LogP contribution in [0.5, 0.6) is 0 Å². The lowest BCUT2D eigenvalue weighted by atomic mass is 10.1. The summed E-state index contributed by atoms with van der Waals surface area (Å²) in [6.07, 6.45) is 0.930. The van der Waals surface area contributed by atoms with Gasteiger partial charge in [-0.05, 0) is 36.2 Å². The highest BCUT2D eigenvalue weighted by Gasteiger charge is 2.35. The van der Waals surface area contributed by atoms with Crippen molar-refractivity contribution < 1.29 is 9.59 Å². The van der Waals surface area contributed by atoms with Crippen LogP contribution in [0.15, 0.2) is 48.5 Å². The quantitative estimate of drug-likeness (QED) is 0.808. The molecule has 1 saturated heterocycles. The van der Waals surface area contributed by atoms with Gasteiger partial charge in [0.1, 0.15) is 0 Å². The normalized spacial score (nSPS) is 16.9. The van der Waals surface area contributed by atoms with Gasteiger partial charge in [-0.2, -0.15) is 0 Å². The summed E-state index contributed by atoms with van der Waals surface area (Å²) >= 11 is 6.16. The Morgan fingerprint density at radius 3 is 2.64 bits per heavy atom. The summed E-state index contributed by atoms with van der Waals surface area (Å²) in [5.74, 6) is -0.527. The minimum Gasteiger partial charge on any atom is -0.399 e. The van der Waals surface area contributed by atoms with Crippen molar-refractivity contribution in [2.45, 2.75) is 12.8 Å². The Morgan fingerprint density at radius 1 is 1.20 bits per heavy atom. The Bertz CT molecular complexity index is 776. The summed E-state index contributed by atoms with van der Waals surface area (Å²) < 4.78 is 0. The zero-order valence-electron chi connectivity index (χ0n) is 13.7. The van der Waals surface area contributed by atoms with E-state index >= 15 is 0 Å². The van der Waals surface area contributed by atoms with E-state index in [1.54, 1.807) is 17.0 Å². The molecule has 1 atom stereocenters. The molecule has 0 radical (unpaired) electrons. The van der Waals surface area contributed by atoms with Crippen molar-refractivity contribution in [1.82, 2.24) is 5.32 Å². The van der Waals surface area contributed by atoms with Gasteiger partial charge in [-0.15, -0.1) is 0 Å². The summed E-state index contributed by atoms with van der Waals surface area (Å²) in [7, 11) is 0. The van der Waals surface area contributed by atoms with Gasteiger partial charge in [-0.1, -0.05) is 35.9 Å². The molecule has 0 aromatic heterocycles. The molecule has 0 aliphatic carbocycles. The number of halogens is 1. The number of para-hydroxylation sites is 1. The van der Waals surface area contributed by atoms with Crippen molar-refractivity contribution in [2.24, 2.45) is 5.92 Å². The molecule has 5 nitrogen and oxygen atoms in total. The lowest BCUT2D eigenvalue weighted by molar-refractivity contribution is -0.126. The van der Waals surface area contributed by atoms with E-state index in [0.717, 1.165) is 17.7 Å². The topological polar surface area (TPSA) is 75.4 Å². The Morgan fingerprint density at radius 2 is 1.92 bits per heavy atom. The predicted molar refractivity (Wildman–Crippen MR) is 99.5 cm³/mol. The largest absolute Gasteiger partial charge is 0.399 e. The van der Waals surface area contributed by atoms with Crippen LogP contribution in [0.25, 0.3) is 0 Å². The van der Waals surface area contributed by atoms with Crippen LogP contribution < -0.4 is 16.0 Å². The van der Waals surface area contributed by atoms with Crippen molar-refractivity contribution in [3.63, 3.8) is 0 Å². The fraction of sp³-hybridized carbons (Fsp3) is 0.263. The molecule has 1 heterocycles. The molecule has 2 amide bonds. The number of benzene rings is 2. The van der Waals surface area contributed by atoms with Crippen LogP contribution in [0.4, 0.5) is 11.4 Å². The lowest BCUT2D eigenvalue weighted by Crippen LogP contribution is -2.34. The van der Waals surface area contributed by atoms with Gasteiger partial charge < -0.3 is 16.0 Å². The number of carbonyl (C=O) groups is 2. The van der Waals surface area contributed by atoms with Crippen LogP contribution in [0.2, 0.25) is 5.02 Å².